The van der Waals surface area contributed by atoms with Crippen LogP contribution in [0.5, 0.6) is 0 Å². The minimum atomic E-state index is -3.36. The number of unbranched alkanes of at least 4 members (excludes halogenated alkanes) is 1. The average molecular weight is 332 g/mol. The van der Waals surface area contributed by atoms with E-state index in [4.69, 9.17) is 9.47 Å². The minimum Gasteiger partial charge on any atom is -0.413 e. The summed E-state index contributed by atoms with van der Waals surface area (Å²) in [5, 5.41) is 30.8. The molecule has 0 aliphatic carbocycles. The van der Waals surface area contributed by atoms with Crippen molar-refractivity contribution >= 4 is 17.9 Å². The summed E-state index contributed by atoms with van der Waals surface area (Å²) >= 11 is 0. The van der Waals surface area contributed by atoms with Crippen molar-refractivity contribution in [1.82, 2.24) is 0 Å². The fraction of sp³-hybridized carbons (Fsp3) is 0.786. The summed E-state index contributed by atoms with van der Waals surface area (Å²) in [6, 6.07) is 0. The molecule has 2 saturated heterocycles. The van der Waals surface area contributed by atoms with Crippen molar-refractivity contribution in [2.45, 2.75) is 63.3 Å². The lowest BCUT2D eigenvalue weighted by Crippen LogP contribution is -2.65. The molecule has 2 rings (SSSR count). The van der Waals surface area contributed by atoms with Gasteiger partial charge in [-0.2, -0.15) is 0 Å². The normalized spacial score (nSPS) is 36.4. The van der Waals surface area contributed by atoms with Crippen molar-refractivity contribution in [1.29, 1.82) is 0 Å². The standard InChI is InChI=1S/C14H20O9/c1-3-5-6-13-14(19,20)22-10(16)8(4-2)12(18,11(17)23-13)7-9(15)21-13/h8,18-20H,3-7H2,1-2H3. The molecule has 0 spiro atoms. The van der Waals surface area contributed by atoms with Crippen LogP contribution in [0.4, 0.5) is 0 Å². The van der Waals surface area contributed by atoms with E-state index in [2.05, 4.69) is 4.74 Å². The van der Waals surface area contributed by atoms with Gasteiger partial charge < -0.3 is 29.5 Å². The van der Waals surface area contributed by atoms with Crippen LogP contribution in [-0.4, -0.2) is 50.6 Å². The van der Waals surface area contributed by atoms with Gasteiger partial charge in [-0.15, -0.1) is 0 Å². The molecule has 130 valence electrons. The lowest BCUT2D eigenvalue weighted by Gasteiger charge is -2.42. The largest absolute Gasteiger partial charge is 0.413 e. The summed E-state index contributed by atoms with van der Waals surface area (Å²) in [6.07, 6.45) is -0.424. The SMILES string of the molecule is CCCCC12OC(=O)CC(O)(C(=O)O1)C(CC)C(=O)OC2(O)O. The molecule has 2 bridgehead atoms. The monoisotopic (exact) mass is 332 g/mol. The third-order valence-electron chi connectivity index (χ3n) is 4.17. The minimum absolute atomic E-state index is 0.0875. The number of cyclic esters (lactones) is 1. The van der Waals surface area contributed by atoms with Gasteiger partial charge in [0.15, 0.2) is 5.60 Å². The highest BCUT2D eigenvalue weighted by molar-refractivity contribution is 5.93. The lowest BCUT2D eigenvalue weighted by molar-refractivity contribution is -0.447. The van der Waals surface area contributed by atoms with E-state index in [9.17, 15) is 29.7 Å². The van der Waals surface area contributed by atoms with Gasteiger partial charge in [0.25, 0.3) is 0 Å². The maximum absolute atomic E-state index is 12.4. The van der Waals surface area contributed by atoms with Crippen LogP contribution in [-0.2, 0) is 28.6 Å². The van der Waals surface area contributed by atoms with Crippen LogP contribution in [0.15, 0.2) is 0 Å². The molecule has 0 aromatic carbocycles. The zero-order valence-electron chi connectivity index (χ0n) is 12.9. The maximum Gasteiger partial charge on any atom is 0.406 e. The van der Waals surface area contributed by atoms with Crippen molar-refractivity contribution in [3.63, 3.8) is 0 Å². The van der Waals surface area contributed by atoms with E-state index in [0.717, 1.165) is 0 Å². The molecule has 3 unspecified atom stereocenters. The van der Waals surface area contributed by atoms with Crippen LogP contribution in [0.1, 0.15) is 46.0 Å². The number of hydrogen-bond acceptors (Lipinski definition) is 9. The molecule has 0 aromatic heterocycles. The van der Waals surface area contributed by atoms with Gasteiger partial charge in [0.2, 0.25) is 0 Å². The summed E-state index contributed by atoms with van der Waals surface area (Å²) in [7, 11) is 0. The number of carbonyl (C=O) groups excluding carboxylic acids is 3. The molecular formula is C14H20O9. The molecule has 3 N–H and O–H groups in total. The molecule has 2 heterocycles. The Hall–Kier alpha value is -1.71. The average Bonchev–Trinajstić information content (AvgIpc) is 2.51. The zero-order chi connectivity index (χ0) is 17.5. The molecule has 2 aliphatic heterocycles. The van der Waals surface area contributed by atoms with Crippen LogP contribution in [0.2, 0.25) is 0 Å². The van der Waals surface area contributed by atoms with Gasteiger partial charge in [0, 0.05) is 6.42 Å². The smallest absolute Gasteiger partial charge is 0.406 e. The maximum atomic E-state index is 12.4. The highest BCUT2D eigenvalue weighted by atomic mass is 16.9. The Balaban J connectivity index is 2.60. The summed E-state index contributed by atoms with van der Waals surface area (Å²) in [4.78, 5) is 36.5. The molecule has 9 nitrogen and oxygen atoms in total. The third-order valence-corrected chi connectivity index (χ3v) is 4.17. The lowest BCUT2D eigenvalue weighted by atomic mass is 9.82. The Morgan fingerprint density at radius 1 is 1.09 bits per heavy atom. The number of fused-ring (bicyclic) bond motifs is 3. The number of esters is 3. The van der Waals surface area contributed by atoms with Crippen LogP contribution in [0, 0.1) is 5.92 Å². The van der Waals surface area contributed by atoms with E-state index in [1.54, 1.807) is 6.92 Å². The Bertz CT molecular complexity index is 528. The van der Waals surface area contributed by atoms with Gasteiger partial charge in [-0.3, -0.25) is 9.59 Å². The Labute approximate surface area is 132 Å². The third kappa shape index (κ3) is 2.68. The van der Waals surface area contributed by atoms with Gasteiger partial charge in [-0.25, -0.2) is 4.79 Å². The molecule has 0 saturated carbocycles. The van der Waals surface area contributed by atoms with E-state index in [0.29, 0.717) is 6.42 Å². The number of aliphatic hydroxyl groups is 3. The Morgan fingerprint density at radius 2 is 1.74 bits per heavy atom. The number of ether oxygens (including phenoxy) is 3. The van der Waals surface area contributed by atoms with Crippen LogP contribution < -0.4 is 0 Å². The second-order valence-electron chi connectivity index (χ2n) is 5.81. The van der Waals surface area contributed by atoms with E-state index in [1.165, 1.54) is 6.92 Å². The highest BCUT2D eigenvalue weighted by Crippen LogP contribution is 2.43. The summed E-state index contributed by atoms with van der Waals surface area (Å²) in [6.45, 7) is 3.24. The number of hydrogen-bond donors (Lipinski definition) is 3. The summed E-state index contributed by atoms with van der Waals surface area (Å²) in [5.74, 6) is -11.1. The number of carbonyl (C=O) groups is 3. The molecule has 3 atom stereocenters. The predicted octanol–water partition coefficient (Wildman–Crippen LogP) is -0.684. The Morgan fingerprint density at radius 3 is 2.30 bits per heavy atom. The van der Waals surface area contributed by atoms with Gasteiger partial charge in [-0.1, -0.05) is 20.3 Å². The molecule has 0 radical (unpaired) electrons. The molecular weight excluding hydrogens is 312 g/mol. The zero-order valence-corrected chi connectivity index (χ0v) is 12.9. The molecule has 2 fully saturated rings. The second kappa shape index (κ2) is 5.73. The van der Waals surface area contributed by atoms with Crippen molar-refractivity contribution in [3.05, 3.63) is 0 Å². The second-order valence-corrected chi connectivity index (χ2v) is 5.81. The molecule has 23 heavy (non-hydrogen) atoms. The highest BCUT2D eigenvalue weighted by Gasteiger charge is 2.68. The first-order valence-corrected chi connectivity index (χ1v) is 7.47. The van der Waals surface area contributed by atoms with Gasteiger partial charge >= 0.3 is 29.7 Å². The number of rotatable bonds is 4. The van der Waals surface area contributed by atoms with Crippen LogP contribution in [0.25, 0.3) is 0 Å². The first-order valence-electron chi connectivity index (χ1n) is 7.47. The van der Waals surface area contributed by atoms with E-state index >= 15 is 0 Å². The fourth-order valence-corrected chi connectivity index (χ4v) is 2.83. The van der Waals surface area contributed by atoms with Gasteiger partial charge in [-0.05, 0) is 12.8 Å². The Kier molecular flexibility index (Phi) is 4.40. The molecule has 0 amide bonds. The first-order chi connectivity index (χ1) is 10.6. The van der Waals surface area contributed by atoms with Gasteiger partial charge in [0.1, 0.15) is 0 Å². The summed E-state index contributed by atoms with van der Waals surface area (Å²) < 4.78 is 14.5. The van der Waals surface area contributed by atoms with Crippen LogP contribution >= 0.6 is 0 Å². The quantitative estimate of drug-likeness (QED) is 0.451. The van der Waals surface area contributed by atoms with E-state index in [1.807, 2.05) is 0 Å². The molecule has 2 aliphatic rings. The first kappa shape index (κ1) is 17.6. The predicted molar refractivity (Wildman–Crippen MR) is 71.0 cm³/mol. The van der Waals surface area contributed by atoms with E-state index in [-0.39, 0.29) is 19.3 Å². The van der Waals surface area contributed by atoms with Crippen molar-refractivity contribution < 1.29 is 43.9 Å². The topological polar surface area (TPSA) is 140 Å². The summed E-state index contributed by atoms with van der Waals surface area (Å²) in [5.41, 5.74) is -2.48. The van der Waals surface area contributed by atoms with Crippen molar-refractivity contribution in [2.24, 2.45) is 5.92 Å². The van der Waals surface area contributed by atoms with Gasteiger partial charge in [0.05, 0.1) is 12.3 Å². The van der Waals surface area contributed by atoms with E-state index < -0.39 is 47.6 Å². The molecule has 9 heteroatoms. The van der Waals surface area contributed by atoms with Crippen molar-refractivity contribution in [3.8, 4) is 0 Å². The van der Waals surface area contributed by atoms with Crippen molar-refractivity contribution in [2.75, 3.05) is 0 Å². The fourth-order valence-electron chi connectivity index (χ4n) is 2.83. The van der Waals surface area contributed by atoms with Crippen LogP contribution in [0.3, 0.4) is 0 Å². The molecule has 0 aromatic rings.